The molecule has 0 amide bonds. The van der Waals surface area contributed by atoms with Gasteiger partial charge in [-0.05, 0) is 46.3 Å². The van der Waals surface area contributed by atoms with E-state index in [1.807, 2.05) is 0 Å². The van der Waals surface area contributed by atoms with Crippen LogP contribution in [0.2, 0.25) is 0 Å². The van der Waals surface area contributed by atoms with Crippen molar-refractivity contribution in [3.8, 4) is 11.5 Å². The molecule has 0 aliphatic carbocycles. The molecule has 0 saturated heterocycles. The molecule has 6 heteroatoms. The van der Waals surface area contributed by atoms with Gasteiger partial charge < -0.3 is 9.52 Å². The van der Waals surface area contributed by atoms with E-state index < -0.39 is 11.8 Å². The number of para-hydroxylation sites is 1. The topological polar surface area (TPSA) is 63.3 Å². The lowest BCUT2D eigenvalue weighted by Gasteiger charge is -1.97. The van der Waals surface area contributed by atoms with Gasteiger partial charge in [-0.3, -0.25) is 0 Å². The standard InChI is InChI=1S/C14H7BrFNO3/c15-9-5-4-7(6-10(9)16)13-17-11-3-1-2-8(14(18)19)12(11)20-13/h1-6H,(H,18,19). The Hall–Kier alpha value is -2.21. The molecule has 1 heterocycles. The Bertz CT molecular complexity index is 828. The van der Waals surface area contributed by atoms with Crippen molar-refractivity contribution >= 4 is 33.0 Å². The molecule has 0 bridgehead atoms. The summed E-state index contributed by atoms with van der Waals surface area (Å²) in [5, 5.41) is 9.09. The SMILES string of the molecule is O=C(O)c1cccc2nc(-c3ccc(Br)c(F)c3)oc12. The fourth-order valence-electron chi connectivity index (χ4n) is 1.87. The van der Waals surface area contributed by atoms with Crippen LogP contribution in [0.1, 0.15) is 10.4 Å². The number of carboxylic acids is 1. The number of fused-ring (bicyclic) bond motifs is 1. The summed E-state index contributed by atoms with van der Waals surface area (Å²) in [5.41, 5.74) is 1.07. The number of benzene rings is 2. The van der Waals surface area contributed by atoms with Crippen LogP contribution >= 0.6 is 15.9 Å². The van der Waals surface area contributed by atoms with Gasteiger partial charge in [0.25, 0.3) is 0 Å². The zero-order valence-electron chi connectivity index (χ0n) is 9.93. The lowest BCUT2D eigenvalue weighted by Crippen LogP contribution is -1.95. The minimum Gasteiger partial charge on any atom is -0.478 e. The minimum atomic E-state index is -1.10. The van der Waals surface area contributed by atoms with E-state index in [2.05, 4.69) is 20.9 Å². The highest BCUT2D eigenvalue weighted by atomic mass is 79.9. The average Bonchev–Trinajstić information content (AvgIpc) is 2.85. The molecule has 0 spiro atoms. The highest BCUT2D eigenvalue weighted by molar-refractivity contribution is 9.10. The summed E-state index contributed by atoms with van der Waals surface area (Å²) >= 11 is 3.06. The highest BCUT2D eigenvalue weighted by Gasteiger charge is 2.16. The number of carboxylic acid groups (broad SMARTS) is 1. The summed E-state index contributed by atoms with van der Waals surface area (Å²) in [6.45, 7) is 0. The molecule has 0 fully saturated rings. The summed E-state index contributed by atoms with van der Waals surface area (Å²) in [7, 11) is 0. The van der Waals surface area contributed by atoms with Crippen molar-refractivity contribution in [3.63, 3.8) is 0 Å². The molecule has 0 atom stereocenters. The zero-order chi connectivity index (χ0) is 14.3. The van der Waals surface area contributed by atoms with Crippen molar-refractivity contribution in [2.24, 2.45) is 0 Å². The van der Waals surface area contributed by atoms with Crippen LogP contribution in [-0.4, -0.2) is 16.1 Å². The predicted octanol–water partition coefficient (Wildman–Crippen LogP) is 4.09. The van der Waals surface area contributed by atoms with E-state index in [4.69, 9.17) is 9.52 Å². The first kappa shape index (κ1) is 12.8. The Balaban J connectivity index is 2.20. The number of halogens is 2. The molecular formula is C14H7BrFNO3. The lowest BCUT2D eigenvalue weighted by atomic mass is 10.2. The van der Waals surface area contributed by atoms with Crippen LogP contribution in [0.5, 0.6) is 0 Å². The molecule has 0 radical (unpaired) electrons. The summed E-state index contributed by atoms with van der Waals surface area (Å²) < 4.78 is 19.3. The Morgan fingerprint density at radius 1 is 1.30 bits per heavy atom. The smallest absolute Gasteiger partial charge is 0.339 e. The number of hydrogen-bond acceptors (Lipinski definition) is 3. The number of aromatic nitrogens is 1. The van der Waals surface area contributed by atoms with Gasteiger partial charge in [0.05, 0.1) is 4.47 Å². The van der Waals surface area contributed by atoms with E-state index in [1.54, 1.807) is 18.2 Å². The van der Waals surface area contributed by atoms with Crippen molar-refractivity contribution in [1.29, 1.82) is 0 Å². The van der Waals surface area contributed by atoms with Gasteiger partial charge in [0.2, 0.25) is 5.89 Å². The van der Waals surface area contributed by atoms with E-state index in [9.17, 15) is 9.18 Å². The number of oxazole rings is 1. The van der Waals surface area contributed by atoms with Gasteiger partial charge in [-0.2, -0.15) is 0 Å². The maximum atomic E-state index is 13.5. The maximum absolute atomic E-state index is 13.5. The van der Waals surface area contributed by atoms with Crippen molar-refractivity contribution < 1.29 is 18.7 Å². The van der Waals surface area contributed by atoms with Gasteiger partial charge in [0.15, 0.2) is 5.58 Å². The van der Waals surface area contributed by atoms with Crippen molar-refractivity contribution in [2.75, 3.05) is 0 Å². The Morgan fingerprint density at radius 2 is 2.10 bits per heavy atom. The normalized spacial score (nSPS) is 10.9. The third kappa shape index (κ3) is 2.08. The molecule has 0 saturated carbocycles. The Labute approximate surface area is 121 Å². The van der Waals surface area contributed by atoms with Crippen LogP contribution in [0.3, 0.4) is 0 Å². The second-order valence-electron chi connectivity index (χ2n) is 4.11. The Kier molecular flexibility index (Phi) is 3.02. The van der Waals surface area contributed by atoms with E-state index in [0.717, 1.165) is 0 Å². The van der Waals surface area contributed by atoms with E-state index in [0.29, 0.717) is 15.6 Å². The van der Waals surface area contributed by atoms with Gasteiger partial charge in [-0.15, -0.1) is 0 Å². The monoisotopic (exact) mass is 335 g/mol. The first-order valence-corrected chi connectivity index (χ1v) is 6.44. The zero-order valence-corrected chi connectivity index (χ0v) is 11.5. The van der Waals surface area contributed by atoms with Crippen LogP contribution in [0.4, 0.5) is 4.39 Å². The molecule has 1 aromatic heterocycles. The summed E-state index contributed by atoms with van der Waals surface area (Å²) in [6.07, 6.45) is 0. The summed E-state index contributed by atoms with van der Waals surface area (Å²) in [6, 6.07) is 9.11. The Morgan fingerprint density at radius 3 is 2.80 bits per heavy atom. The van der Waals surface area contributed by atoms with Gasteiger partial charge in [0.1, 0.15) is 16.9 Å². The molecule has 2 aromatic carbocycles. The number of hydrogen-bond donors (Lipinski definition) is 1. The molecule has 20 heavy (non-hydrogen) atoms. The second-order valence-corrected chi connectivity index (χ2v) is 4.96. The third-order valence-corrected chi connectivity index (χ3v) is 3.46. The quantitative estimate of drug-likeness (QED) is 0.765. The lowest BCUT2D eigenvalue weighted by molar-refractivity contribution is 0.0698. The van der Waals surface area contributed by atoms with Crippen molar-refractivity contribution in [2.45, 2.75) is 0 Å². The van der Waals surface area contributed by atoms with Crippen LogP contribution in [0.15, 0.2) is 45.3 Å². The van der Waals surface area contributed by atoms with Crippen LogP contribution in [-0.2, 0) is 0 Å². The minimum absolute atomic E-state index is 0.0267. The van der Waals surface area contributed by atoms with Crippen molar-refractivity contribution in [3.05, 3.63) is 52.3 Å². The van der Waals surface area contributed by atoms with E-state index >= 15 is 0 Å². The number of nitrogens with zero attached hydrogens (tertiary/aromatic N) is 1. The molecule has 100 valence electrons. The van der Waals surface area contributed by atoms with Crippen LogP contribution < -0.4 is 0 Å². The first-order valence-electron chi connectivity index (χ1n) is 5.64. The fourth-order valence-corrected chi connectivity index (χ4v) is 2.12. The molecule has 0 aliphatic rings. The molecule has 0 aliphatic heterocycles. The second kappa shape index (κ2) is 4.72. The summed E-state index contributed by atoms with van der Waals surface area (Å²) in [4.78, 5) is 15.3. The van der Waals surface area contributed by atoms with Gasteiger partial charge >= 0.3 is 5.97 Å². The van der Waals surface area contributed by atoms with Crippen LogP contribution in [0.25, 0.3) is 22.6 Å². The number of carbonyl (C=O) groups is 1. The third-order valence-electron chi connectivity index (χ3n) is 2.81. The van der Waals surface area contributed by atoms with Crippen LogP contribution in [0, 0.1) is 5.82 Å². The number of rotatable bonds is 2. The summed E-state index contributed by atoms with van der Waals surface area (Å²) in [5.74, 6) is -1.36. The average molecular weight is 336 g/mol. The molecule has 4 nitrogen and oxygen atoms in total. The molecule has 3 aromatic rings. The van der Waals surface area contributed by atoms with Gasteiger partial charge in [-0.25, -0.2) is 14.2 Å². The number of aromatic carboxylic acids is 1. The van der Waals surface area contributed by atoms with Gasteiger partial charge in [-0.1, -0.05) is 6.07 Å². The highest BCUT2D eigenvalue weighted by Crippen LogP contribution is 2.28. The largest absolute Gasteiger partial charge is 0.478 e. The fraction of sp³-hybridized carbons (Fsp3) is 0. The van der Waals surface area contributed by atoms with E-state index in [1.165, 1.54) is 18.2 Å². The maximum Gasteiger partial charge on any atom is 0.339 e. The van der Waals surface area contributed by atoms with Gasteiger partial charge in [0, 0.05) is 5.56 Å². The predicted molar refractivity (Wildman–Crippen MR) is 74.1 cm³/mol. The van der Waals surface area contributed by atoms with Crippen molar-refractivity contribution in [1.82, 2.24) is 4.98 Å². The first-order chi connectivity index (χ1) is 9.56. The molecular weight excluding hydrogens is 329 g/mol. The van der Waals surface area contributed by atoms with E-state index in [-0.39, 0.29) is 17.0 Å². The molecule has 1 N–H and O–H groups in total. The molecule has 0 unspecified atom stereocenters. The molecule has 3 rings (SSSR count).